The number of hydrogen-bond donors (Lipinski definition) is 1. The number of sulfonamides is 1. The number of benzene rings is 3. The van der Waals surface area contributed by atoms with Crippen LogP contribution in [-0.2, 0) is 26.2 Å². The lowest BCUT2D eigenvalue weighted by Gasteiger charge is -2.33. The van der Waals surface area contributed by atoms with E-state index < -0.39 is 28.5 Å². The summed E-state index contributed by atoms with van der Waals surface area (Å²) in [5.41, 5.74) is 2.88. The molecule has 3 rings (SSSR count). The van der Waals surface area contributed by atoms with Crippen molar-refractivity contribution in [2.24, 2.45) is 5.92 Å². The molecular formula is C31H38ClN3O4S. The molecule has 0 aliphatic heterocycles. The smallest absolute Gasteiger partial charge is 0.264 e. The van der Waals surface area contributed by atoms with Gasteiger partial charge in [0, 0.05) is 18.1 Å². The third kappa shape index (κ3) is 7.86. The van der Waals surface area contributed by atoms with Crippen LogP contribution in [-0.4, -0.2) is 44.3 Å². The first kappa shape index (κ1) is 31.2. The van der Waals surface area contributed by atoms with Gasteiger partial charge >= 0.3 is 0 Å². The average Bonchev–Trinajstić information content (AvgIpc) is 2.92. The summed E-state index contributed by atoms with van der Waals surface area (Å²) in [6, 6.07) is 19.7. The monoisotopic (exact) mass is 583 g/mol. The summed E-state index contributed by atoms with van der Waals surface area (Å²) in [5, 5.41) is 3.49. The zero-order valence-corrected chi connectivity index (χ0v) is 25.3. The van der Waals surface area contributed by atoms with Crippen molar-refractivity contribution in [3.63, 3.8) is 0 Å². The highest BCUT2D eigenvalue weighted by molar-refractivity contribution is 7.92. The summed E-state index contributed by atoms with van der Waals surface area (Å²) in [5.74, 6) is -0.527. The molecule has 9 heteroatoms. The lowest BCUT2D eigenvalue weighted by atomic mass is 10.1. The highest BCUT2D eigenvalue weighted by Gasteiger charge is 2.34. The molecule has 0 aliphatic rings. The van der Waals surface area contributed by atoms with Gasteiger partial charge in [-0.1, -0.05) is 80.4 Å². The Kier molecular flexibility index (Phi) is 10.8. The Balaban J connectivity index is 2.06. The molecule has 0 unspecified atom stereocenters. The topological polar surface area (TPSA) is 86.8 Å². The van der Waals surface area contributed by atoms with E-state index in [1.807, 2.05) is 46.8 Å². The van der Waals surface area contributed by atoms with Crippen LogP contribution in [0, 0.1) is 19.8 Å². The molecule has 3 aromatic carbocycles. The van der Waals surface area contributed by atoms with Gasteiger partial charge in [0.25, 0.3) is 10.0 Å². The average molecular weight is 584 g/mol. The zero-order chi connectivity index (χ0) is 29.4. The number of carbonyl (C=O) groups is 2. The summed E-state index contributed by atoms with van der Waals surface area (Å²) in [7, 11) is -4.10. The van der Waals surface area contributed by atoms with Gasteiger partial charge in [0.05, 0.1) is 10.6 Å². The molecule has 0 bridgehead atoms. The third-order valence-electron chi connectivity index (χ3n) is 6.57. The summed E-state index contributed by atoms with van der Waals surface area (Å²) < 4.78 is 29.0. The Morgan fingerprint density at radius 1 is 0.950 bits per heavy atom. The van der Waals surface area contributed by atoms with E-state index in [1.54, 1.807) is 48.5 Å². The van der Waals surface area contributed by atoms with E-state index in [0.29, 0.717) is 23.7 Å². The number of amides is 2. The molecule has 0 saturated heterocycles. The van der Waals surface area contributed by atoms with E-state index in [2.05, 4.69) is 5.32 Å². The second-order valence-electron chi connectivity index (χ2n) is 10.3. The fourth-order valence-electron chi connectivity index (χ4n) is 4.45. The van der Waals surface area contributed by atoms with Crippen molar-refractivity contribution in [3.8, 4) is 0 Å². The van der Waals surface area contributed by atoms with E-state index in [0.717, 1.165) is 21.0 Å². The molecule has 0 heterocycles. The van der Waals surface area contributed by atoms with Crippen LogP contribution in [0.1, 0.15) is 43.9 Å². The van der Waals surface area contributed by atoms with Crippen molar-refractivity contribution in [3.05, 3.63) is 94.5 Å². The molecular weight excluding hydrogens is 546 g/mol. The number of rotatable bonds is 12. The lowest BCUT2D eigenvalue weighted by molar-refractivity contribution is -0.140. The summed E-state index contributed by atoms with van der Waals surface area (Å²) >= 11 is 6.07. The molecule has 214 valence electrons. The zero-order valence-electron chi connectivity index (χ0n) is 23.7. The predicted octanol–water partition coefficient (Wildman–Crippen LogP) is 5.73. The van der Waals surface area contributed by atoms with Crippen LogP contribution >= 0.6 is 11.6 Å². The van der Waals surface area contributed by atoms with Gasteiger partial charge in [-0.15, -0.1) is 0 Å². The minimum atomic E-state index is -4.10. The SMILES string of the molecule is CC[C@H](C(=O)NCC(C)C)N(Cc1ccc(Cl)cc1)C(=O)CN(c1ccc(C)cc1C)S(=O)(=O)c1ccccc1. The van der Waals surface area contributed by atoms with Gasteiger partial charge in [0.15, 0.2) is 0 Å². The first-order valence-corrected chi connectivity index (χ1v) is 15.2. The van der Waals surface area contributed by atoms with Gasteiger partial charge in [0.2, 0.25) is 11.8 Å². The molecule has 3 aromatic rings. The van der Waals surface area contributed by atoms with E-state index in [-0.39, 0.29) is 23.3 Å². The largest absolute Gasteiger partial charge is 0.354 e. The Labute approximate surface area is 243 Å². The maximum atomic E-state index is 14.1. The van der Waals surface area contributed by atoms with Crippen LogP contribution in [0.15, 0.2) is 77.7 Å². The molecule has 0 aliphatic carbocycles. The number of halogens is 1. The minimum absolute atomic E-state index is 0.0775. The maximum absolute atomic E-state index is 14.1. The molecule has 0 radical (unpaired) electrons. The normalized spacial score (nSPS) is 12.2. The summed E-state index contributed by atoms with van der Waals surface area (Å²) in [6.07, 6.45) is 0.359. The molecule has 2 amide bonds. The number of hydrogen-bond acceptors (Lipinski definition) is 4. The molecule has 0 spiro atoms. The van der Waals surface area contributed by atoms with Gasteiger partial charge in [-0.05, 0) is 67.6 Å². The van der Waals surface area contributed by atoms with Crippen molar-refractivity contribution < 1.29 is 18.0 Å². The van der Waals surface area contributed by atoms with E-state index in [1.165, 1.54) is 17.0 Å². The van der Waals surface area contributed by atoms with Gasteiger partial charge in [-0.3, -0.25) is 13.9 Å². The van der Waals surface area contributed by atoms with E-state index in [4.69, 9.17) is 11.6 Å². The first-order chi connectivity index (χ1) is 18.9. The summed E-state index contributed by atoms with van der Waals surface area (Å²) in [6.45, 7) is 9.69. The Hall–Kier alpha value is -3.36. The first-order valence-electron chi connectivity index (χ1n) is 13.4. The standard InChI is InChI=1S/C31H38ClN3O4S/c1-6-28(31(37)33-19-22(2)3)34(20-25-13-15-26(32)16-14-25)30(36)21-35(29-17-12-23(4)18-24(29)5)40(38,39)27-10-8-7-9-11-27/h7-18,22,28H,6,19-21H2,1-5H3,(H,33,37)/t28-/m1/s1. The Bertz CT molecular complexity index is 1410. The van der Waals surface area contributed by atoms with Crippen LogP contribution in [0.3, 0.4) is 0 Å². The Morgan fingerprint density at radius 2 is 1.60 bits per heavy atom. The number of carbonyl (C=O) groups excluding carboxylic acids is 2. The molecule has 0 fully saturated rings. The highest BCUT2D eigenvalue weighted by atomic mass is 35.5. The molecule has 1 atom stereocenters. The second-order valence-corrected chi connectivity index (χ2v) is 12.6. The fraction of sp³-hybridized carbons (Fsp3) is 0.355. The lowest BCUT2D eigenvalue weighted by Crippen LogP contribution is -2.52. The van der Waals surface area contributed by atoms with Gasteiger partial charge < -0.3 is 10.2 Å². The van der Waals surface area contributed by atoms with Crippen molar-refractivity contribution >= 4 is 39.1 Å². The second kappa shape index (κ2) is 13.8. The van der Waals surface area contributed by atoms with Crippen molar-refractivity contribution in [2.45, 2.75) is 58.5 Å². The van der Waals surface area contributed by atoms with Crippen molar-refractivity contribution in [1.29, 1.82) is 0 Å². The predicted molar refractivity (Wildman–Crippen MR) is 161 cm³/mol. The molecule has 40 heavy (non-hydrogen) atoms. The van der Waals surface area contributed by atoms with Crippen molar-refractivity contribution in [1.82, 2.24) is 10.2 Å². The number of aryl methyl sites for hydroxylation is 2. The maximum Gasteiger partial charge on any atom is 0.264 e. The number of anilines is 1. The van der Waals surface area contributed by atoms with Crippen molar-refractivity contribution in [2.75, 3.05) is 17.4 Å². The number of nitrogens with one attached hydrogen (secondary N) is 1. The third-order valence-corrected chi connectivity index (χ3v) is 8.59. The minimum Gasteiger partial charge on any atom is -0.354 e. The van der Waals surface area contributed by atoms with Crippen LogP contribution in [0.4, 0.5) is 5.69 Å². The van der Waals surface area contributed by atoms with Crippen LogP contribution in [0.5, 0.6) is 0 Å². The Morgan fingerprint density at radius 3 is 2.17 bits per heavy atom. The van der Waals surface area contributed by atoms with Crippen LogP contribution in [0.2, 0.25) is 5.02 Å². The fourth-order valence-corrected chi connectivity index (χ4v) is 6.07. The molecule has 1 N–H and O–H groups in total. The van der Waals surface area contributed by atoms with Gasteiger partial charge in [-0.25, -0.2) is 8.42 Å². The van der Waals surface area contributed by atoms with Crippen LogP contribution in [0.25, 0.3) is 0 Å². The van der Waals surface area contributed by atoms with Gasteiger partial charge in [-0.2, -0.15) is 0 Å². The van der Waals surface area contributed by atoms with Gasteiger partial charge in [0.1, 0.15) is 12.6 Å². The summed E-state index contributed by atoms with van der Waals surface area (Å²) in [4.78, 5) is 28.9. The molecule has 7 nitrogen and oxygen atoms in total. The number of nitrogens with zero attached hydrogens (tertiary/aromatic N) is 2. The molecule has 0 aromatic heterocycles. The quantitative estimate of drug-likeness (QED) is 0.295. The van der Waals surface area contributed by atoms with E-state index >= 15 is 0 Å². The molecule has 0 saturated carbocycles. The highest BCUT2D eigenvalue weighted by Crippen LogP contribution is 2.28. The van der Waals surface area contributed by atoms with Crippen LogP contribution < -0.4 is 9.62 Å². The van der Waals surface area contributed by atoms with E-state index in [9.17, 15) is 18.0 Å².